The van der Waals surface area contributed by atoms with Crippen LogP contribution >= 0.6 is 11.6 Å². The molecular weight excluding hydrogens is 474 g/mol. The molecule has 0 radical (unpaired) electrons. The van der Waals surface area contributed by atoms with Crippen molar-refractivity contribution in [1.29, 1.82) is 0 Å². The number of halogens is 1. The first kappa shape index (κ1) is 23.9. The Labute approximate surface area is 205 Å². The fourth-order valence-corrected chi connectivity index (χ4v) is 3.89. The van der Waals surface area contributed by atoms with Crippen LogP contribution in [0.5, 0.6) is 17.2 Å². The summed E-state index contributed by atoms with van der Waals surface area (Å²) in [5.41, 5.74) is -0.226. The Balaban J connectivity index is 1.80. The number of hydrogen-bond acceptors (Lipinski definition) is 6. The Morgan fingerprint density at radius 3 is 2.40 bits per heavy atom. The standard InChI is InChI=1S/C25H22ClN3O6/c1-33-18-6-4-5-17(13-18)29-24(31)19-9-7-15(26)11-20(19)28(25(29)32)14-23(30)27-16-8-10-21(34-2)22(12-16)35-3/h4-13H,14H2,1-3H3,(H,27,30). The van der Waals surface area contributed by atoms with Gasteiger partial charge in [-0.2, -0.15) is 0 Å². The van der Waals surface area contributed by atoms with Crippen LogP contribution in [0, 0.1) is 0 Å². The normalized spacial score (nSPS) is 10.7. The molecule has 4 rings (SSSR count). The minimum absolute atomic E-state index is 0.232. The molecule has 35 heavy (non-hydrogen) atoms. The van der Waals surface area contributed by atoms with Crippen LogP contribution in [-0.2, 0) is 11.3 Å². The summed E-state index contributed by atoms with van der Waals surface area (Å²) in [5.74, 6) is 0.929. The van der Waals surface area contributed by atoms with E-state index < -0.39 is 17.2 Å². The lowest BCUT2D eigenvalue weighted by Crippen LogP contribution is -2.40. The van der Waals surface area contributed by atoms with E-state index in [0.717, 1.165) is 4.57 Å². The van der Waals surface area contributed by atoms with Gasteiger partial charge < -0.3 is 19.5 Å². The van der Waals surface area contributed by atoms with E-state index in [4.69, 9.17) is 25.8 Å². The lowest BCUT2D eigenvalue weighted by molar-refractivity contribution is -0.116. The van der Waals surface area contributed by atoms with E-state index in [1.54, 1.807) is 48.5 Å². The number of aromatic nitrogens is 2. The highest BCUT2D eigenvalue weighted by Gasteiger charge is 2.18. The third-order valence-corrected chi connectivity index (χ3v) is 5.62. The van der Waals surface area contributed by atoms with Gasteiger partial charge in [-0.05, 0) is 42.5 Å². The van der Waals surface area contributed by atoms with Crippen LogP contribution in [0.25, 0.3) is 16.6 Å². The lowest BCUT2D eigenvalue weighted by atomic mass is 10.2. The molecule has 1 amide bonds. The van der Waals surface area contributed by atoms with Crippen molar-refractivity contribution in [1.82, 2.24) is 9.13 Å². The van der Waals surface area contributed by atoms with E-state index in [1.807, 2.05) is 0 Å². The average molecular weight is 496 g/mol. The third-order valence-electron chi connectivity index (χ3n) is 5.39. The number of carbonyl (C=O) groups is 1. The van der Waals surface area contributed by atoms with Crippen molar-refractivity contribution in [3.05, 3.63) is 86.5 Å². The average Bonchev–Trinajstić information content (AvgIpc) is 2.86. The van der Waals surface area contributed by atoms with E-state index in [9.17, 15) is 14.4 Å². The van der Waals surface area contributed by atoms with Gasteiger partial charge in [-0.15, -0.1) is 0 Å². The predicted octanol–water partition coefficient (Wildman–Crippen LogP) is 3.47. The van der Waals surface area contributed by atoms with Gasteiger partial charge in [0.15, 0.2) is 11.5 Å². The van der Waals surface area contributed by atoms with E-state index >= 15 is 0 Å². The Bertz CT molecular complexity index is 1540. The highest BCUT2D eigenvalue weighted by molar-refractivity contribution is 6.31. The number of anilines is 1. The summed E-state index contributed by atoms with van der Waals surface area (Å²) in [6.45, 7) is -0.367. The maximum absolute atomic E-state index is 13.5. The molecule has 3 aromatic carbocycles. The van der Waals surface area contributed by atoms with Gasteiger partial charge in [0.2, 0.25) is 5.91 Å². The second-order valence-corrected chi connectivity index (χ2v) is 7.93. The van der Waals surface area contributed by atoms with Crippen LogP contribution in [0.1, 0.15) is 0 Å². The maximum Gasteiger partial charge on any atom is 0.336 e. The molecule has 9 nitrogen and oxygen atoms in total. The molecule has 0 unspecified atom stereocenters. The molecule has 0 aliphatic carbocycles. The molecule has 0 aliphatic rings. The Hall–Kier alpha value is -4.24. The molecule has 1 N–H and O–H groups in total. The summed E-state index contributed by atoms with van der Waals surface area (Å²) in [6, 6.07) is 16.0. The van der Waals surface area contributed by atoms with Crippen molar-refractivity contribution in [2.45, 2.75) is 6.54 Å². The number of ether oxygens (including phenoxy) is 3. The minimum Gasteiger partial charge on any atom is -0.497 e. The molecule has 1 aromatic heterocycles. The molecule has 0 spiro atoms. The van der Waals surface area contributed by atoms with Gasteiger partial charge >= 0.3 is 5.69 Å². The predicted molar refractivity (Wildman–Crippen MR) is 134 cm³/mol. The molecule has 0 saturated carbocycles. The van der Waals surface area contributed by atoms with Crippen molar-refractivity contribution >= 4 is 34.1 Å². The van der Waals surface area contributed by atoms with Gasteiger partial charge in [-0.1, -0.05) is 17.7 Å². The SMILES string of the molecule is COc1cccc(-n2c(=O)c3ccc(Cl)cc3n(CC(=O)Nc3ccc(OC)c(OC)c3)c2=O)c1. The fourth-order valence-electron chi connectivity index (χ4n) is 3.73. The second kappa shape index (κ2) is 9.94. The van der Waals surface area contributed by atoms with Gasteiger partial charge in [-0.3, -0.25) is 14.2 Å². The summed E-state index contributed by atoms with van der Waals surface area (Å²) in [4.78, 5) is 39.7. The molecule has 0 saturated heterocycles. The van der Waals surface area contributed by atoms with E-state index in [-0.39, 0.29) is 17.4 Å². The Morgan fingerprint density at radius 2 is 1.69 bits per heavy atom. The molecule has 0 atom stereocenters. The lowest BCUT2D eigenvalue weighted by Gasteiger charge is -2.15. The molecule has 1 heterocycles. The monoisotopic (exact) mass is 495 g/mol. The van der Waals surface area contributed by atoms with Gasteiger partial charge in [-0.25, -0.2) is 9.36 Å². The molecule has 0 bridgehead atoms. The maximum atomic E-state index is 13.5. The van der Waals surface area contributed by atoms with E-state index in [0.29, 0.717) is 33.6 Å². The first-order valence-corrected chi connectivity index (χ1v) is 10.9. The molecule has 4 aromatic rings. The second-order valence-electron chi connectivity index (χ2n) is 7.49. The fraction of sp³-hybridized carbons (Fsp3) is 0.160. The van der Waals surface area contributed by atoms with Crippen molar-refractivity contribution in [3.63, 3.8) is 0 Å². The zero-order valence-corrected chi connectivity index (χ0v) is 20.0. The Morgan fingerprint density at radius 1 is 0.914 bits per heavy atom. The third kappa shape index (κ3) is 4.71. The summed E-state index contributed by atoms with van der Waals surface area (Å²) in [7, 11) is 4.48. The van der Waals surface area contributed by atoms with Gasteiger partial charge in [0.25, 0.3) is 5.56 Å². The Kier molecular flexibility index (Phi) is 6.79. The molecule has 0 fully saturated rings. The van der Waals surface area contributed by atoms with Crippen molar-refractivity contribution in [2.75, 3.05) is 26.6 Å². The van der Waals surface area contributed by atoms with E-state index in [2.05, 4.69) is 5.32 Å². The van der Waals surface area contributed by atoms with Crippen molar-refractivity contribution in [3.8, 4) is 22.9 Å². The number of hydrogen-bond donors (Lipinski definition) is 1. The smallest absolute Gasteiger partial charge is 0.336 e. The highest BCUT2D eigenvalue weighted by Crippen LogP contribution is 2.29. The number of carbonyl (C=O) groups excluding carboxylic acids is 1. The van der Waals surface area contributed by atoms with Crippen LogP contribution < -0.4 is 30.8 Å². The number of amides is 1. The van der Waals surface area contributed by atoms with Crippen LogP contribution in [-0.4, -0.2) is 36.4 Å². The number of benzene rings is 3. The van der Waals surface area contributed by atoms with Crippen LogP contribution in [0.4, 0.5) is 5.69 Å². The number of nitrogens with one attached hydrogen (secondary N) is 1. The number of methoxy groups -OCH3 is 3. The number of nitrogens with zero attached hydrogens (tertiary/aromatic N) is 2. The van der Waals surface area contributed by atoms with Crippen molar-refractivity contribution < 1.29 is 19.0 Å². The van der Waals surface area contributed by atoms with Crippen LogP contribution in [0.3, 0.4) is 0 Å². The molecular formula is C25H22ClN3O6. The summed E-state index contributed by atoms with van der Waals surface area (Å²) in [5, 5.41) is 3.30. The summed E-state index contributed by atoms with van der Waals surface area (Å²) in [6.07, 6.45) is 0. The quantitative estimate of drug-likeness (QED) is 0.421. The summed E-state index contributed by atoms with van der Waals surface area (Å²) < 4.78 is 17.9. The van der Waals surface area contributed by atoms with E-state index in [1.165, 1.54) is 38.0 Å². The first-order chi connectivity index (χ1) is 16.9. The van der Waals surface area contributed by atoms with Gasteiger partial charge in [0, 0.05) is 22.8 Å². The number of fused-ring (bicyclic) bond motifs is 1. The minimum atomic E-state index is -0.694. The van der Waals surface area contributed by atoms with Crippen molar-refractivity contribution in [2.24, 2.45) is 0 Å². The van der Waals surface area contributed by atoms with Gasteiger partial charge in [0.05, 0.1) is 37.9 Å². The van der Waals surface area contributed by atoms with Crippen LogP contribution in [0.15, 0.2) is 70.3 Å². The molecule has 0 aliphatic heterocycles. The zero-order chi connectivity index (χ0) is 25.1. The summed E-state index contributed by atoms with van der Waals surface area (Å²) >= 11 is 6.15. The largest absolute Gasteiger partial charge is 0.497 e. The molecule has 180 valence electrons. The number of rotatable bonds is 7. The van der Waals surface area contributed by atoms with Gasteiger partial charge in [0.1, 0.15) is 12.3 Å². The first-order valence-electron chi connectivity index (χ1n) is 10.5. The highest BCUT2D eigenvalue weighted by atomic mass is 35.5. The van der Waals surface area contributed by atoms with Crippen LogP contribution in [0.2, 0.25) is 5.02 Å². The zero-order valence-electron chi connectivity index (χ0n) is 19.2. The topological polar surface area (TPSA) is 101 Å². The molecule has 10 heteroatoms.